The summed E-state index contributed by atoms with van der Waals surface area (Å²) in [7, 11) is 0. The SMILES string of the molecule is CCC(C)CCCCCCCCCCC(=O)OCC1OC(OC(=O)/C(C)=C/C=C/C(C)=C/C=C/C(C)=C/C=C/C=C(C)/C=C/C=C(\C)CCC=C(C)C)C(O)C(O)C1O. The van der Waals surface area contributed by atoms with Crippen LogP contribution in [0.25, 0.3) is 0 Å². The van der Waals surface area contributed by atoms with Crippen LogP contribution in [-0.4, -0.2) is 64.6 Å². The van der Waals surface area contributed by atoms with Crippen molar-refractivity contribution in [3.05, 3.63) is 119 Å². The summed E-state index contributed by atoms with van der Waals surface area (Å²) in [6, 6.07) is 0. The summed E-state index contributed by atoms with van der Waals surface area (Å²) in [6.45, 7) is 18.2. The van der Waals surface area contributed by atoms with Crippen LogP contribution in [-0.2, 0) is 23.8 Å². The average molecular weight is 819 g/mol. The van der Waals surface area contributed by atoms with Gasteiger partial charge in [-0.05, 0) is 73.6 Å². The highest BCUT2D eigenvalue weighted by atomic mass is 16.7. The molecule has 59 heavy (non-hydrogen) atoms. The van der Waals surface area contributed by atoms with Crippen molar-refractivity contribution in [1.82, 2.24) is 0 Å². The molecule has 0 aliphatic carbocycles. The van der Waals surface area contributed by atoms with E-state index in [0.29, 0.717) is 6.42 Å². The predicted molar refractivity (Wildman–Crippen MR) is 243 cm³/mol. The molecule has 0 radical (unpaired) electrons. The molecule has 0 aromatic carbocycles. The number of rotatable bonds is 27. The number of carbonyl (C=O) groups is 2. The first kappa shape index (κ1) is 53.2. The number of hydrogen-bond acceptors (Lipinski definition) is 8. The van der Waals surface area contributed by atoms with E-state index in [1.807, 2.05) is 56.4 Å². The van der Waals surface area contributed by atoms with Crippen molar-refractivity contribution < 1.29 is 39.1 Å². The lowest BCUT2D eigenvalue weighted by Gasteiger charge is -2.39. The number of ether oxygens (including phenoxy) is 3. The summed E-state index contributed by atoms with van der Waals surface area (Å²) in [5, 5.41) is 31.3. The molecule has 1 rings (SSSR count). The van der Waals surface area contributed by atoms with Gasteiger partial charge in [-0.25, -0.2) is 4.79 Å². The molecule has 1 aliphatic rings. The molecular weight excluding hydrogens is 741 g/mol. The fourth-order valence-electron chi connectivity index (χ4n) is 6.01. The number of unbranched alkanes of at least 4 members (excludes halogenated alkanes) is 7. The summed E-state index contributed by atoms with van der Waals surface area (Å²) < 4.78 is 16.2. The highest BCUT2D eigenvalue weighted by Crippen LogP contribution is 2.24. The van der Waals surface area contributed by atoms with Gasteiger partial charge in [-0.2, -0.15) is 0 Å². The number of esters is 2. The Hall–Kier alpha value is -3.82. The molecule has 0 amide bonds. The maximum atomic E-state index is 12.8. The molecule has 8 nitrogen and oxygen atoms in total. The van der Waals surface area contributed by atoms with Gasteiger partial charge < -0.3 is 29.5 Å². The molecule has 6 atom stereocenters. The number of hydrogen-bond donors (Lipinski definition) is 3. The van der Waals surface area contributed by atoms with E-state index < -0.39 is 42.6 Å². The second kappa shape index (κ2) is 32.0. The van der Waals surface area contributed by atoms with Gasteiger partial charge in [0.05, 0.1) is 0 Å². The van der Waals surface area contributed by atoms with Crippen molar-refractivity contribution in [3.8, 4) is 0 Å². The van der Waals surface area contributed by atoms with Crippen LogP contribution in [0.15, 0.2) is 119 Å². The summed E-state index contributed by atoms with van der Waals surface area (Å²) in [6.07, 6.45) is 34.1. The first-order chi connectivity index (χ1) is 28.1. The molecule has 0 aromatic heterocycles. The van der Waals surface area contributed by atoms with Gasteiger partial charge in [-0.15, -0.1) is 0 Å². The largest absolute Gasteiger partial charge is 0.463 e. The van der Waals surface area contributed by atoms with E-state index >= 15 is 0 Å². The van der Waals surface area contributed by atoms with E-state index in [1.54, 1.807) is 19.1 Å². The van der Waals surface area contributed by atoms with Crippen LogP contribution >= 0.6 is 0 Å². The molecule has 0 saturated carbocycles. The molecule has 0 aromatic rings. The van der Waals surface area contributed by atoms with E-state index in [2.05, 4.69) is 71.9 Å². The molecular formula is C51H78O8. The van der Waals surface area contributed by atoms with Gasteiger partial charge in [0.25, 0.3) is 0 Å². The zero-order chi connectivity index (χ0) is 44.0. The Bertz CT molecular complexity index is 1540. The number of aliphatic hydroxyl groups is 3. The minimum atomic E-state index is -1.68. The maximum absolute atomic E-state index is 12.8. The molecule has 330 valence electrons. The zero-order valence-corrected chi connectivity index (χ0v) is 37.8. The van der Waals surface area contributed by atoms with Crippen LogP contribution in [0.2, 0.25) is 0 Å². The topological polar surface area (TPSA) is 123 Å². The van der Waals surface area contributed by atoms with Crippen molar-refractivity contribution >= 4 is 11.9 Å². The number of carbonyl (C=O) groups excluding carboxylic acids is 2. The van der Waals surface area contributed by atoms with Crippen LogP contribution < -0.4 is 0 Å². The third-order valence-electron chi connectivity index (χ3n) is 10.2. The van der Waals surface area contributed by atoms with Crippen molar-refractivity contribution in [2.24, 2.45) is 5.92 Å². The van der Waals surface area contributed by atoms with Crippen molar-refractivity contribution in [2.45, 2.75) is 176 Å². The van der Waals surface area contributed by atoms with Gasteiger partial charge in [-0.3, -0.25) is 4.79 Å². The van der Waals surface area contributed by atoms with E-state index in [-0.39, 0.29) is 18.6 Å². The number of aliphatic hydroxyl groups excluding tert-OH is 3. The molecule has 0 spiro atoms. The lowest BCUT2D eigenvalue weighted by atomic mass is 9.99. The molecule has 1 heterocycles. The summed E-state index contributed by atoms with van der Waals surface area (Å²) in [4.78, 5) is 25.2. The summed E-state index contributed by atoms with van der Waals surface area (Å²) in [5.74, 6) is -0.384. The van der Waals surface area contributed by atoms with Crippen molar-refractivity contribution in [2.75, 3.05) is 6.61 Å². The first-order valence-corrected chi connectivity index (χ1v) is 21.9. The Morgan fingerprint density at radius 3 is 1.75 bits per heavy atom. The fourth-order valence-corrected chi connectivity index (χ4v) is 6.01. The predicted octanol–water partition coefficient (Wildman–Crippen LogP) is 11.5. The van der Waals surface area contributed by atoms with Crippen molar-refractivity contribution in [3.63, 3.8) is 0 Å². The zero-order valence-electron chi connectivity index (χ0n) is 37.8. The lowest BCUT2D eigenvalue weighted by molar-refractivity contribution is -0.292. The summed E-state index contributed by atoms with van der Waals surface area (Å²) >= 11 is 0. The van der Waals surface area contributed by atoms with Crippen LogP contribution in [0.3, 0.4) is 0 Å². The number of allylic oxidation sites excluding steroid dienone is 19. The molecule has 3 N–H and O–H groups in total. The van der Waals surface area contributed by atoms with Gasteiger partial charge >= 0.3 is 11.9 Å². The Kier molecular flexibility index (Phi) is 28.9. The van der Waals surface area contributed by atoms with Gasteiger partial charge in [-0.1, -0.05) is 185 Å². The second-order valence-corrected chi connectivity index (χ2v) is 16.4. The van der Waals surface area contributed by atoms with Gasteiger partial charge in [0, 0.05) is 12.0 Å². The van der Waals surface area contributed by atoms with E-state index in [0.717, 1.165) is 49.2 Å². The summed E-state index contributed by atoms with van der Waals surface area (Å²) in [5.41, 5.74) is 6.16. The van der Waals surface area contributed by atoms with Gasteiger partial charge in [0.1, 0.15) is 31.0 Å². The average Bonchev–Trinajstić information content (AvgIpc) is 3.19. The standard InChI is InChI=1S/C51H78O8/c1-10-39(4)26-17-15-13-11-12-14-16-18-36-46(52)57-37-45-47(53)48(54)49(55)51(58-45)59-50(56)44(9)35-24-34-43(8)33-23-31-41(6)28-20-19-27-40(5)30-22-32-42(7)29-21-25-38(2)3/h19-20,22-25,27-28,30-35,39,45,47-49,51,53-55H,10-18,21,26,29,36-37H2,1-9H3/b20-19+,30-22+,31-23+,34-24+,40-27+,41-28+,42-32+,43-33+,44-35+. The van der Waals surface area contributed by atoms with Gasteiger partial charge in [0.15, 0.2) is 0 Å². The smallest absolute Gasteiger partial charge is 0.336 e. The van der Waals surface area contributed by atoms with Crippen molar-refractivity contribution in [1.29, 1.82) is 0 Å². The lowest BCUT2D eigenvalue weighted by Crippen LogP contribution is -2.59. The van der Waals surface area contributed by atoms with Crippen LogP contribution in [0.4, 0.5) is 0 Å². The van der Waals surface area contributed by atoms with Crippen LogP contribution in [0, 0.1) is 5.92 Å². The first-order valence-electron chi connectivity index (χ1n) is 21.9. The normalized spacial score (nSPS) is 21.9. The Morgan fingerprint density at radius 1 is 0.644 bits per heavy atom. The third kappa shape index (κ3) is 26.1. The molecule has 0 bridgehead atoms. The quantitative estimate of drug-likeness (QED) is 0.0246. The van der Waals surface area contributed by atoms with E-state index in [4.69, 9.17) is 14.2 Å². The van der Waals surface area contributed by atoms with Gasteiger partial charge in [0.2, 0.25) is 6.29 Å². The molecule has 1 fully saturated rings. The Morgan fingerprint density at radius 2 is 1.17 bits per heavy atom. The molecule has 1 aliphatic heterocycles. The second-order valence-electron chi connectivity index (χ2n) is 16.4. The van der Waals surface area contributed by atoms with Crippen LogP contribution in [0.1, 0.15) is 146 Å². The maximum Gasteiger partial charge on any atom is 0.336 e. The third-order valence-corrected chi connectivity index (χ3v) is 10.2. The Balaban J connectivity index is 2.52. The van der Waals surface area contributed by atoms with Crippen LogP contribution in [0.5, 0.6) is 0 Å². The van der Waals surface area contributed by atoms with E-state index in [1.165, 1.54) is 55.2 Å². The molecule has 1 saturated heterocycles. The highest BCUT2D eigenvalue weighted by molar-refractivity contribution is 5.88. The molecule has 6 unspecified atom stereocenters. The minimum Gasteiger partial charge on any atom is -0.463 e. The monoisotopic (exact) mass is 819 g/mol. The fraction of sp³-hybridized carbons (Fsp3) is 0.569. The highest BCUT2D eigenvalue weighted by Gasteiger charge is 2.46. The Labute approximate surface area is 357 Å². The minimum absolute atomic E-state index is 0.234. The molecule has 8 heteroatoms. The van der Waals surface area contributed by atoms with E-state index in [9.17, 15) is 24.9 Å².